The third-order valence-electron chi connectivity index (χ3n) is 2.40. The highest BCUT2D eigenvalue weighted by molar-refractivity contribution is 5.29. The molecule has 0 aromatic carbocycles. The normalized spacial score (nSPS) is 10.2. The predicted octanol–water partition coefficient (Wildman–Crippen LogP) is 3.25. The molecule has 0 bridgehead atoms. The third kappa shape index (κ3) is 6.05. The van der Waals surface area contributed by atoms with Crippen molar-refractivity contribution in [2.45, 2.75) is 45.4 Å². The van der Waals surface area contributed by atoms with Gasteiger partial charge >= 0.3 is 0 Å². The Morgan fingerprint density at radius 3 is 2.60 bits per heavy atom. The summed E-state index contributed by atoms with van der Waals surface area (Å²) in [5.41, 5.74) is 0. The summed E-state index contributed by atoms with van der Waals surface area (Å²) < 4.78 is 0. The van der Waals surface area contributed by atoms with Gasteiger partial charge in [0.15, 0.2) is 0 Å². The number of nitrogens with one attached hydrogen (secondary N) is 1. The molecule has 0 aliphatic heterocycles. The van der Waals surface area contributed by atoms with E-state index in [1.165, 1.54) is 38.5 Å². The molecule has 0 aliphatic carbocycles. The maximum atomic E-state index is 4.15. The van der Waals surface area contributed by atoms with E-state index in [1.54, 1.807) is 18.6 Å². The molecule has 0 spiro atoms. The molecule has 0 aliphatic rings. The Hall–Kier alpha value is -1.12. The van der Waals surface area contributed by atoms with Gasteiger partial charge in [0, 0.05) is 18.9 Å². The lowest BCUT2D eigenvalue weighted by Crippen LogP contribution is -2.03. The van der Waals surface area contributed by atoms with Crippen LogP contribution in [0.1, 0.15) is 45.4 Å². The number of nitrogens with zero attached hydrogens (tertiary/aromatic N) is 2. The van der Waals surface area contributed by atoms with Crippen molar-refractivity contribution < 1.29 is 0 Å². The summed E-state index contributed by atoms with van der Waals surface area (Å²) in [6.45, 7) is 3.25. The number of anilines is 1. The summed E-state index contributed by atoms with van der Waals surface area (Å²) >= 11 is 0. The second kappa shape index (κ2) is 8.21. The molecule has 1 aromatic heterocycles. The fourth-order valence-corrected chi connectivity index (χ4v) is 1.51. The van der Waals surface area contributed by atoms with Crippen molar-refractivity contribution in [2.75, 3.05) is 11.9 Å². The van der Waals surface area contributed by atoms with Gasteiger partial charge in [-0.3, -0.25) is 4.98 Å². The van der Waals surface area contributed by atoms with Crippen LogP contribution in [0.15, 0.2) is 18.6 Å². The maximum Gasteiger partial charge on any atom is 0.144 e. The number of unbranched alkanes of at least 4 members (excludes halogenated alkanes) is 5. The average molecular weight is 207 g/mol. The molecule has 0 fully saturated rings. The minimum absolute atomic E-state index is 0.881. The molecule has 0 amide bonds. The van der Waals surface area contributed by atoms with Crippen LogP contribution in [0.2, 0.25) is 0 Å². The molecule has 1 aromatic rings. The Morgan fingerprint density at radius 1 is 1.07 bits per heavy atom. The van der Waals surface area contributed by atoms with Gasteiger partial charge in [0.2, 0.25) is 0 Å². The summed E-state index contributed by atoms with van der Waals surface area (Å²) in [4.78, 5) is 8.15. The Morgan fingerprint density at radius 2 is 1.87 bits per heavy atom. The molecular formula is C12H21N3. The van der Waals surface area contributed by atoms with Crippen LogP contribution in [0.4, 0.5) is 5.82 Å². The summed E-state index contributed by atoms with van der Waals surface area (Å²) in [6, 6.07) is 0. The Bertz CT molecular complexity index is 236. The van der Waals surface area contributed by atoms with Crippen molar-refractivity contribution >= 4 is 5.82 Å². The lowest BCUT2D eigenvalue weighted by Gasteiger charge is -2.04. The molecule has 84 valence electrons. The second-order valence-corrected chi connectivity index (χ2v) is 3.79. The molecule has 0 saturated heterocycles. The highest BCUT2D eigenvalue weighted by atomic mass is 15.0. The van der Waals surface area contributed by atoms with Gasteiger partial charge < -0.3 is 5.32 Å². The molecule has 3 nitrogen and oxygen atoms in total. The first kappa shape index (κ1) is 12.0. The Labute approximate surface area is 92.3 Å². The maximum absolute atomic E-state index is 4.15. The predicted molar refractivity (Wildman–Crippen MR) is 63.9 cm³/mol. The lowest BCUT2D eigenvalue weighted by molar-refractivity contribution is 0.616. The average Bonchev–Trinajstić information content (AvgIpc) is 2.29. The SMILES string of the molecule is CCCCCCCCNc1cnccn1. The zero-order valence-corrected chi connectivity index (χ0v) is 9.58. The zero-order valence-electron chi connectivity index (χ0n) is 9.58. The number of rotatable bonds is 8. The number of hydrogen-bond acceptors (Lipinski definition) is 3. The molecule has 0 radical (unpaired) electrons. The first-order valence-corrected chi connectivity index (χ1v) is 5.93. The van der Waals surface area contributed by atoms with Crippen molar-refractivity contribution in [1.82, 2.24) is 9.97 Å². The van der Waals surface area contributed by atoms with Crippen LogP contribution in [0.3, 0.4) is 0 Å². The Kier molecular flexibility index (Phi) is 6.54. The first-order chi connectivity index (χ1) is 7.43. The standard InChI is InChI=1S/C12H21N3/c1-2-3-4-5-6-7-8-14-12-11-13-9-10-15-12/h9-11H,2-8H2,1H3,(H,14,15). The smallest absolute Gasteiger partial charge is 0.144 e. The van der Waals surface area contributed by atoms with Gasteiger partial charge in [-0.25, -0.2) is 4.98 Å². The fraction of sp³-hybridized carbons (Fsp3) is 0.667. The summed E-state index contributed by atoms with van der Waals surface area (Å²) in [6.07, 6.45) is 13.1. The largest absolute Gasteiger partial charge is 0.369 e. The van der Waals surface area contributed by atoms with E-state index in [0.717, 1.165) is 12.4 Å². The van der Waals surface area contributed by atoms with Gasteiger partial charge in [0.25, 0.3) is 0 Å². The molecule has 3 heteroatoms. The molecule has 0 atom stereocenters. The van der Waals surface area contributed by atoms with E-state index >= 15 is 0 Å². The van der Waals surface area contributed by atoms with Crippen LogP contribution in [-0.4, -0.2) is 16.5 Å². The zero-order chi connectivity index (χ0) is 10.8. The fourth-order valence-electron chi connectivity index (χ4n) is 1.51. The van der Waals surface area contributed by atoms with E-state index in [0.29, 0.717) is 0 Å². The number of hydrogen-bond donors (Lipinski definition) is 1. The van der Waals surface area contributed by atoms with Crippen molar-refractivity contribution in [2.24, 2.45) is 0 Å². The summed E-state index contributed by atoms with van der Waals surface area (Å²) in [7, 11) is 0. The molecule has 0 unspecified atom stereocenters. The monoisotopic (exact) mass is 207 g/mol. The molecule has 1 rings (SSSR count). The molecule has 1 heterocycles. The minimum Gasteiger partial charge on any atom is -0.369 e. The second-order valence-electron chi connectivity index (χ2n) is 3.79. The minimum atomic E-state index is 0.881. The molecule has 15 heavy (non-hydrogen) atoms. The Balaban J connectivity index is 1.93. The summed E-state index contributed by atoms with van der Waals surface area (Å²) in [5, 5.41) is 3.26. The van der Waals surface area contributed by atoms with Crippen molar-refractivity contribution in [3.05, 3.63) is 18.6 Å². The quantitative estimate of drug-likeness (QED) is 0.665. The van der Waals surface area contributed by atoms with Crippen molar-refractivity contribution in [3.8, 4) is 0 Å². The molecule has 1 N–H and O–H groups in total. The van der Waals surface area contributed by atoms with Gasteiger partial charge in [-0.1, -0.05) is 39.0 Å². The van der Waals surface area contributed by atoms with E-state index < -0.39 is 0 Å². The van der Waals surface area contributed by atoms with E-state index in [1.807, 2.05) is 0 Å². The van der Waals surface area contributed by atoms with E-state index in [2.05, 4.69) is 22.2 Å². The van der Waals surface area contributed by atoms with Crippen molar-refractivity contribution in [3.63, 3.8) is 0 Å². The van der Waals surface area contributed by atoms with Crippen LogP contribution < -0.4 is 5.32 Å². The number of aromatic nitrogens is 2. The van der Waals surface area contributed by atoms with Crippen molar-refractivity contribution in [1.29, 1.82) is 0 Å². The van der Waals surface area contributed by atoms with Gasteiger partial charge in [-0.05, 0) is 6.42 Å². The first-order valence-electron chi connectivity index (χ1n) is 5.93. The van der Waals surface area contributed by atoms with Gasteiger partial charge in [-0.15, -0.1) is 0 Å². The van der Waals surface area contributed by atoms with E-state index in [4.69, 9.17) is 0 Å². The van der Waals surface area contributed by atoms with E-state index in [9.17, 15) is 0 Å². The van der Waals surface area contributed by atoms with Crippen LogP contribution >= 0.6 is 0 Å². The highest BCUT2D eigenvalue weighted by Crippen LogP contribution is 2.05. The van der Waals surface area contributed by atoms with Crippen LogP contribution in [0.5, 0.6) is 0 Å². The summed E-state index contributed by atoms with van der Waals surface area (Å²) in [5.74, 6) is 0.881. The molecular weight excluding hydrogens is 186 g/mol. The highest BCUT2D eigenvalue weighted by Gasteiger charge is 1.92. The van der Waals surface area contributed by atoms with Gasteiger partial charge in [-0.2, -0.15) is 0 Å². The van der Waals surface area contributed by atoms with Crippen LogP contribution in [0, 0.1) is 0 Å². The molecule has 0 saturated carbocycles. The van der Waals surface area contributed by atoms with Crippen LogP contribution in [-0.2, 0) is 0 Å². The van der Waals surface area contributed by atoms with E-state index in [-0.39, 0.29) is 0 Å². The lowest BCUT2D eigenvalue weighted by atomic mass is 10.1. The van der Waals surface area contributed by atoms with Crippen LogP contribution in [0.25, 0.3) is 0 Å². The van der Waals surface area contributed by atoms with Gasteiger partial charge in [0.1, 0.15) is 5.82 Å². The van der Waals surface area contributed by atoms with Gasteiger partial charge in [0.05, 0.1) is 6.20 Å². The third-order valence-corrected chi connectivity index (χ3v) is 2.40. The topological polar surface area (TPSA) is 37.8 Å².